The van der Waals surface area contributed by atoms with Crippen LogP contribution in [0, 0.1) is 0 Å². The van der Waals surface area contributed by atoms with E-state index in [1.165, 1.54) is 0 Å². The molecule has 18 heavy (non-hydrogen) atoms. The Morgan fingerprint density at radius 1 is 1.44 bits per heavy atom. The molecule has 0 spiro atoms. The SMILES string of the molecule is CB(O)NCCCCCC(=O)Cc1cccnc1. The van der Waals surface area contributed by atoms with Crippen molar-refractivity contribution in [2.24, 2.45) is 0 Å². The zero-order valence-electron chi connectivity index (χ0n) is 10.9. The van der Waals surface area contributed by atoms with Gasteiger partial charge in [-0.15, -0.1) is 0 Å². The molecule has 0 aliphatic heterocycles. The number of carbonyl (C=O) groups is 1. The predicted molar refractivity (Wildman–Crippen MR) is 73.3 cm³/mol. The minimum Gasteiger partial charge on any atom is -0.437 e. The monoisotopic (exact) mass is 248 g/mol. The Bertz CT molecular complexity index is 344. The number of aromatic nitrogens is 1. The summed E-state index contributed by atoms with van der Waals surface area (Å²) in [4.78, 5) is 15.7. The lowest BCUT2D eigenvalue weighted by atomic mass is 9.89. The third-order valence-corrected chi connectivity index (χ3v) is 2.70. The van der Waals surface area contributed by atoms with Gasteiger partial charge in [0.05, 0.1) is 0 Å². The number of carbonyl (C=O) groups excluding carboxylic acids is 1. The third-order valence-electron chi connectivity index (χ3n) is 2.70. The summed E-state index contributed by atoms with van der Waals surface area (Å²) in [5.41, 5.74) is 0.985. The second kappa shape index (κ2) is 8.83. The number of ketones is 1. The number of rotatable bonds is 9. The van der Waals surface area contributed by atoms with E-state index < -0.39 is 7.05 Å². The van der Waals surface area contributed by atoms with Crippen LogP contribution in [0.1, 0.15) is 31.2 Å². The maximum absolute atomic E-state index is 11.7. The molecule has 1 rings (SSSR count). The highest BCUT2D eigenvalue weighted by atomic mass is 16.2. The molecule has 0 bridgehead atoms. The third kappa shape index (κ3) is 7.19. The highest BCUT2D eigenvalue weighted by Gasteiger charge is 2.04. The molecule has 5 heteroatoms. The molecule has 1 aromatic rings. The average Bonchev–Trinajstić information content (AvgIpc) is 2.34. The van der Waals surface area contributed by atoms with E-state index in [1.807, 2.05) is 12.1 Å². The van der Waals surface area contributed by atoms with Crippen LogP contribution in [-0.2, 0) is 11.2 Å². The molecule has 0 atom stereocenters. The lowest BCUT2D eigenvalue weighted by molar-refractivity contribution is -0.118. The summed E-state index contributed by atoms with van der Waals surface area (Å²) in [5, 5.41) is 11.9. The Labute approximate surface area is 109 Å². The molecule has 2 N–H and O–H groups in total. The van der Waals surface area contributed by atoms with Crippen molar-refractivity contribution in [2.75, 3.05) is 6.54 Å². The van der Waals surface area contributed by atoms with Gasteiger partial charge in [-0.1, -0.05) is 12.5 Å². The first-order valence-electron chi connectivity index (χ1n) is 6.50. The minimum atomic E-state index is -0.447. The second-order valence-electron chi connectivity index (χ2n) is 4.52. The summed E-state index contributed by atoms with van der Waals surface area (Å²) in [6.07, 6.45) is 7.49. The lowest BCUT2D eigenvalue weighted by Gasteiger charge is -2.04. The van der Waals surface area contributed by atoms with Crippen LogP contribution in [0.5, 0.6) is 0 Å². The van der Waals surface area contributed by atoms with E-state index in [-0.39, 0.29) is 5.78 Å². The molecule has 98 valence electrons. The van der Waals surface area contributed by atoms with Crippen molar-refractivity contribution in [3.63, 3.8) is 0 Å². The van der Waals surface area contributed by atoms with Crippen LogP contribution in [0.2, 0.25) is 6.82 Å². The van der Waals surface area contributed by atoms with Crippen LogP contribution in [0.25, 0.3) is 0 Å². The molecule has 4 nitrogen and oxygen atoms in total. The fourth-order valence-electron chi connectivity index (χ4n) is 1.75. The Morgan fingerprint density at radius 3 is 2.94 bits per heavy atom. The zero-order valence-corrected chi connectivity index (χ0v) is 10.9. The molecule has 0 saturated heterocycles. The van der Waals surface area contributed by atoms with Crippen molar-refractivity contribution in [1.82, 2.24) is 10.2 Å². The fraction of sp³-hybridized carbons (Fsp3) is 0.538. The van der Waals surface area contributed by atoms with Crippen LogP contribution in [0.3, 0.4) is 0 Å². The van der Waals surface area contributed by atoms with Crippen LogP contribution in [-0.4, -0.2) is 29.4 Å². The normalized spacial score (nSPS) is 10.3. The number of hydrogen-bond donors (Lipinski definition) is 2. The number of hydrogen-bond acceptors (Lipinski definition) is 4. The van der Waals surface area contributed by atoms with Crippen LogP contribution in [0.15, 0.2) is 24.5 Å². The maximum atomic E-state index is 11.7. The smallest absolute Gasteiger partial charge is 0.373 e. The summed E-state index contributed by atoms with van der Waals surface area (Å²) < 4.78 is 0. The highest BCUT2D eigenvalue weighted by molar-refractivity contribution is 6.45. The predicted octanol–water partition coefficient (Wildman–Crippen LogP) is 1.45. The number of pyridine rings is 1. The molecule has 0 amide bonds. The molecule has 1 heterocycles. The molecule has 1 aromatic heterocycles. The second-order valence-corrected chi connectivity index (χ2v) is 4.52. The highest BCUT2D eigenvalue weighted by Crippen LogP contribution is 2.05. The first-order valence-corrected chi connectivity index (χ1v) is 6.50. The van der Waals surface area contributed by atoms with Crippen molar-refractivity contribution >= 4 is 12.8 Å². The Kier molecular flexibility index (Phi) is 7.29. The number of nitrogens with one attached hydrogen (secondary N) is 1. The van der Waals surface area contributed by atoms with E-state index >= 15 is 0 Å². The fourth-order valence-corrected chi connectivity index (χ4v) is 1.75. The van der Waals surface area contributed by atoms with Crippen LogP contribution >= 0.6 is 0 Å². The van der Waals surface area contributed by atoms with Crippen molar-refractivity contribution in [2.45, 2.75) is 38.9 Å². The van der Waals surface area contributed by atoms with Gasteiger partial charge >= 0.3 is 7.05 Å². The number of Topliss-reactive ketones (excluding diaryl/α,β-unsaturated/α-hetero) is 1. The molecule has 0 unspecified atom stereocenters. The molecule has 0 radical (unpaired) electrons. The molecular weight excluding hydrogens is 227 g/mol. The van der Waals surface area contributed by atoms with E-state index in [2.05, 4.69) is 10.2 Å². The van der Waals surface area contributed by atoms with E-state index in [0.29, 0.717) is 12.8 Å². The molecule has 0 aromatic carbocycles. The lowest BCUT2D eigenvalue weighted by Crippen LogP contribution is -2.31. The van der Waals surface area contributed by atoms with Crippen molar-refractivity contribution in [3.8, 4) is 0 Å². The van der Waals surface area contributed by atoms with Crippen molar-refractivity contribution in [3.05, 3.63) is 30.1 Å². The molecule has 0 fully saturated rings. The first kappa shape index (κ1) is 14.9. The molecular formula is C13H21BN2O2. The Balaban J connectivity index is 2.04. The Morgan fingerprint density at radius 2 is 2.28 bits per heavy atom. The molecule has 0 aliphatic carbocycles. The van der Waals surface area contributed by atoms with Crippen LogP contribution in [0.4, 0.5) is 0 Å². The van der Waals surface area contributed by atoms with Gasteiger partial charge in [0.2, 0.25) is 0 Å². The molecule has 0 saturated carbocycles. The topological polar surface area (TPSA) is 62.2 Å². The van der Waals surface area contributed by atoms with Gasteiger partial charge in [0.1, 0.15) is 5.78 Å². The quantitative estimate of drug-likeness (QED) is 0.513. The van der Waals surface area contributed by atoms with Gasteiger partial charge < -0.3 is 10.3 Å². The van der Waals surface area contributed by atoms with Gasteiger partial charge in [-0.3, -0.25) is 9.78 Å². The first-order chi connectivity index (χ1) is 8.68. The van der Waals surface area contributed by atoms with Crippen molar-refractivity contribution in [1.29, 1.82) is 0 Å². The van der Waals surface area contributed by atoms with Gasteiger partial charge in [0.25, 0.3) is 0 Å². The summed E-state index contributed by atoms with van der Waals surface area (Å²) in [5.74, 6) is 0.270. The van der Waals surface area contributed by atoms with E-state index in [1.54, 1.807) is 19.2 Å². The average molecular weight is 248 g/mol. The van der Waals surface area contributed by atoms with Gasteiger partial charge in [-0.25, -0.2) is 0 Å². The van der Waals surface area contributed by atoms with E-state index in [9.17, 15) is 4.79 Å². The van der Waals surface area contributed by atoms with Gasteiger partial charge in [-0.05, 0) is 37.8 Å². The van der Waals surface area contributed by atoms with Gasteiger partial charge in [0.15, 0.2) is 0 Å². The van der Waals surface area contributed by atoms with Gasteiger partial charge in [-0.2, -0.15) is 0 Å². The summed E-state index contributed by atoms with van der Waals surface area (Å²) in [6.45, 7) is 2.51. The summed E-state index contributed by atoms with van der Waals surface area (Å²) in [6, 6.07) is 3.78. The van der Waals surface area contributed by atoms with Gasteiger partial charge in [0, 0.05) is 25.2 Å². The minimum absolute atomic E-state index is 0.270. The summed E-state index contributed by atoms with van der Waals surface area (Å²) in [7, 11) is -0.447. The van der Waals surface area contributed by atoms with E-state index in [4.69, 9.17) is 5.02 Å². The maximum Gasteiger partial charge on any atom is 0.373 e. The zero-order chi connectivity index (χ0) is 13.2. The van der Waals surface area contributed by atoms with Crippen LogP contribution < -0.4 is 5.23 Å². The summed E-state index contributed by atoms with van der Waals surface area (Å²) >= 11 is 0. The number of unbranched alkanes of at least 4 members (excludes halogenated alkanes) is 2. The van der Waals surface area contributed by atoms with Crippen molar-refractivity contribution < 1.29 is 9.82 Å². The largest absolute Gasteiger partial charge is 0.437 e. The number of nitrogens with zero attached hydrogens (tertiary/aromatic N) is 1. The molecule has 0 aliphatic rings. The standard InChI is InChI=1S/C13H21BN2O2/c1-14(18)16-9-4-2-3-7-13(17)10-12-6-5-8-15-11-12/h5-6,8,11,16,18H,2-4,7,9-10H2,1H3. The Hall–Kier alpha value is -1.20. The van der Waals surface area contributed by atoms with E-state index in [0.717, 1.165) is 31.4 Å².